The number of nitrogens with one attached hydrogen (secondary N) is 2. The van der Waals surface area contributed by atoms with Gasteiger partial charge in [-0.2, -0.15) is 0 Å². The van der Waals surface area contributed by atoms with Gasteiger partial charge in [0.25, 0.3) is 0 Å². The Balaban J connectivity index is 2.31. The number of carbonyl (C=O) groups excluding carboxylic acids is 1. The van der Waals surface area contributed by atoms with Crippen LogP contribution in [0.15, 0.2) is 18.2 Å². The first-order chi connectivity index (χ1) is 8.49. The Labute approximate surface area is 108 Å². The van der Waals surface area contributed by atoms with Gasteiger partial charge in [-0.25, -0.2) is 4.39 Å². The van der Waals surface area contributed by atoms with Crippen LogP contribution in [0.3, 0.4) is 0 Å². The number of amides is 1. The highest BCUT2D eigenvalue weighted by atomic mass is 19.1. The summed E-state index contributed by atoms with van der Waals surface area (Å²) in [5.41, 5.74) is 1.90. The second-order valence-corrected chi connectivity index (χ2v) is 4.87. The van der Waals surface area contributed by atoms with Crippen LogP contribution in [0.4, 0.5) is 4.39 Å². The summed E-state index contributed by atoms with van der Waals surface area (Å²) in [6.07, 6.45) is 0. The second-order valence-electron chi connectivity index (χ2n) is 4.87. The van der Waals surface area contributed by atoms with Crippen molar-refractivity contribution in [2.24, 2.45) is 5.92 Å². The van der Waals surface area contributed by atoms with E-state index in [1.807, 2.05) is 6.92 Å². The maximum atomic E-state index is 12.9. The molecule has 0 unspecified atom stereocenters. The first-order valence-corrected chi connectivity index (χ1v) is 6.21. The summed E-state index contributed by atoms with van der Waals surface area (Å²) >= 11 is 0. The lowest BCUT2D eigenvalue weighted by Crippen LogP contribution is -2.35. The van der Waals surface area contributed by atoms with E-state index in [0.717, 1.165) is 11.1 Å². The molecule has 0 bridgehead atoms. The third-order valence-corrected chi connectivity index (χ3v) is 2.61. The van der Waals surface area contributed by atoms with Crippen LogP contribution >= 0.6 is 0 Å². The maximum absolute atomic E-state index is 12.9. The molecule has 1 aromatic rings. The van der Waals surface area contributed by atoms with Crippen LogP contribution in [0.25, 0.3) is 0 Å². The van der Waals surface area contributed by atoms with E-state index < -0.39 is 0 Å². The van der Waals surface area contributed by atoms with Gasteiger partial charge in [-0.3, -0.25) is 4.79 Å². The molecule has 1 aromatic carbocycles. The molecule has 2 N–H and O–H groups in total. The van der Waals surface area contributed by atoms with Gasteiger partial charge in [-0.1, -0.05) is 19.9 Å². The van der Waals surface area contributed by atoms with Crippen molar-refractivity contribution < 1.29 is 9.18 Å². The minimum absolute atomic E-state index is 0.0107. The molecule has 0 fully saturated rings. The maximum Gasteiger partial charge on any atom is 0.233 e. The van der Waals surface area contributed by atoms with Crippen LogP contribution < -0.4 is 10.6 Å². The zero-order chi connectivity index (χ0) is 13.5. The minimum Gasteiger partial charge on any atom is -0.355 e. The van der Waals surface area contributed by atoms with Crippen LogP contribution in [0.5, 0.6) is 0 Å². The van der Waals surface area contributed by atoms with E-state index in [1.54, 1.807) is 6.07 Å². The zero-order valence-corrected chi connectivity index (χ0v) is 11.2. The Morgan fingerprint density at radius 3 is 2.72 bits per heavy atom. The number of rotatable bonds is 6. The van der Waals surface area contributed by atoms with Crippen molar-refractivity contribution in [3.05, 3.63) is 35.1 Å². The molecule has 0 heterocycles. The summed E-state index contributed by atoms with van der Waals surface area (Å²) in [5, 5.41) is 5.88. The Morgan fingerprint density at radius 2 is 2.11 bits per heavy atom. The number of benzene rings is 1. The predicted molar refractivity (Wildman–Crippen MR) is 70.7 cm³/mol. The fourth-order valence-corrected chi connectivity index (χ4v) is 1.55. The summed E-state index contributed by atoms with van der Waals surface area (Å²) in [6, 6.07) is 4.67. The molecule has 0 saturated heterocycles. The molecule has 3 nitrogen and oxygen atoms in total. The van der Waals surface area contributed by atoms with Crippen LogP contribution in [-0.4, -0.2) is 19.0 Å². The van der Waals surface area contributed by atoms with Crippen molar-refractivity contribution in [3.63, 3.8) is 0 Å². The molecule has 0 aliphatic heterocycles. The Hall–Kier alpha value is -1.42. The van der Waals surface area contributed by atoms with Crippen molar-refractivity contribution in [3.8, 4) is 0 Å². The SMILES string of the molecule is Cc1cc(F)ccc1CNCC(=O)NCC(C)C. The largest absolute Gasteiger partial charge is 0.355 e. The van der Waals surface area contributed by atoms with Crippen molar-refractivity contribution in [1.82, 2.24) is 10.6 Å². The van der Waals surface area contributed by atoms with Gasteiger partial charge in [-0.15, -0.1) is 0 Å². The fraction of sp³-hybridized carbons (Fsp3) is 0.500. The summed E-state index contributed by atoms with van der Waals surface area (Å²) in [4.78, 5) is 11.4. The van der Waals surface area contributed by atoms with Gasteiger partial charge < -0.3 is 10.6 Å². The summed E-state index contributed by atoms with van der Waals surface area (Å²) in [6.45, 7) is 7.50. The number of halogens is 1. The van der Waals surface area contributed by atoms with Gasteiger partial charge >= 0.3 is 0 Å². The molecule has 0 atom stereocenters. The standard InChI is InChI=1S/C14H21FN2O/c1-10(2)7-17-14(18)9-16-8-12-4-5-13(15)6-11(12)3/h4-6,10,16H,7-9H2,1-3H3,(H,17,18). The van der Waals surface area contributed by atoms with Gasteiger partial charge in [0.1, 0.15) is 5.82 Å². The van der Waals surface area contributed by atoms with E-state index in [4.69, 9.17) is 0 Å². The Bertz CT molecular complexity index is 405. The topological polar surface area (TPSA) is 41.1 Å². The molecule has 1 amide bonds. The average molecular weight is 252 g/mol. The van der Waals surface area contributed by atoms with Gasteiger partial charge in [0.2, 0.25) is 5.91 Å². The van der Waals surface area contributed by atoms with E-state index in [0.29, 0.717) is 19.0 Å². The van der Waals surface area contributed by atoms with Gasteiger partial charge in [0.05, 0.1) is 6.54 Å². The summed E-state index contributed by atoms with van der Waals surface area (Å²) in [5.74, 6) is 0.211. The number of carbonyl (C=O) groups is 1. The Morgan fingerprint density at radius 1 is 1.39 bits per heavy atom. The van der Waals surface area contributed by atoms with Crippen molar-refractivity contribution in [2.75, 3.05) is 13.1 Å². The van der Waals surface area contributed by atoms with Gasteiger partial charge in [0, 0.05) is 13.1 Å². The smallest absolute Gasteiger partial charge is 0.233 e. The molecule has 0 radical (unpaired) electrons. The van der Waals surface area contributed by atoms with E-state index in [9.17, 15) is 9.18 Å². The third kappa shape index (κ3) is 5.27. The molecule has 18 heavy (non-hydrogen) atoms. The predicted octanol–water partition coefficient (Wildman–Crippen LogP) is 2.00. The van der Waals surface area contributed by atoms with Crippen LogP contribution in [0.2, 0.25) is 0 Å². The highest BCUT2D eigenvalue weighted by Gasteiger charge is 2.03. The normalized spacial score (nSPS) is 10.7. The fourth-order valence-electron chi connectivity index (χ4n) is 1.55. The van der Waals surface area contributed by atoms with E-state index >= 15 is 0 Å². The minimum atomic E-state index is -0.231. The molecule has 0 aliphatic rings. The molecule has 100 valence electrons. The monoisotopic (exact) mass is 252 g/mol. The molecule has 0 aromatic heterocycles. The van der Waals surface area contributed by atoms with Crippen molar-refractivity contribution >= 4 is 5.91 Å². The molecule has 1 rings (SSSR count). The molecule has 4 heteroatoms. The highest BCUT2D eigenvalue weighted by molar-refractivity contribution is 5.77. The first kappa shape index (κ1) is 14.6. The van der Waals surface area contributed by atoms with E-state index in [2.05, 4.69) is 24.5 Å². The number of hydrogen-bond donors (Lipinski definition) is 2. The molecule has 0 aliphatic carbocycles. The lowest BCUT2D eigenvalue weighted by molar-refractivity contribution is -0.120. The van der Waals surface area contributed by atoms with Crippen LogP contribution in [0, 0.1) is 18.7 Å². The van der Waals surface area contributed by atoms with Crippen LogP contribution in [0.1, 0.15) is 25.0 Å². The van der Waals surface area contributed by atoms with Gasteiger partial charge in [-0.05, 0) is 36.1 Å². The van der Waals surface area contributed by atoms with Crippen molar-refractivity contribution in [1.29, 1.82) is 0 Å². The first-order valence-electron chi connectivity index (χ1n) is 6.21. The number of hydrogen-bond acceptors (Lipinski definition) is 2. The molecule has 0 spiro atoms. The second kappa shape index (κ2) is 7.11. The zero-order valence-electron chi connectivity index (χ0n) is 11.2. The van der Waals surface area contributed by atoms with Crippen LogP contribution in [-0.2, 0) is 11.3 Å². The lowest BCUT2D eigenvalue weighted by Gasteiger charge is -2.10. The third-order valence-electron chi connectivity index (χ3n) is 2.61. The highest BCUT2D eigenvalue weighted by Crippen LogP contribution is 2.09. The van der Waals surface area contributed by atoms with Crippen molar-refractivity contribution in [2.45, 2.75) is 27.3 Å². The summed E-state index contributed by atoms with van der Waals surface area (Å²) < 4.78 is 12.9. The summed E-state index contributed by atoms with van der Waals surface area (Å²) in [7, 11) is 0. The van der Waals surface area contributed by atoms with Gasteiger partial charge in [0.15, 0.2) is 0 Å². The molecular formula is C14H21FN2O. The van der Waals surface area contributed by atoms with E-state index in [1.165, 1.54) is 12.1 Å². The Kier molecular flexibility index (Phi) is 5.78. The quantitative estimate of drug-likeness (QED) is 0.813. The average Bonchev–Trinajstić information content (AvgIpc) is 2.29. The lowest BCUT2D eigenvalue weighted by atomic mass is 10.1. The van der Waals surface area contributed by atoms with E-state index in [-0.39, 0.29) is 18.3 Å². The number of aryl methyl sites for hydroxylation is 1. The molecular weight excluding hydrogens is 231 g/mol. The molecule has 0 saturated carbocycles.